The van der Waals surface area contributed by atoms with E-state index in [4.69, 9.17) is 4.98 Å². The molecule has 1 atom stereocenters. The Morgan fingerprint density at radius 1 is 1.13 bits per heavy atom. The minimum atomic E-state index is -5.67. The molecule has 5 heterocycles. The maximum atomic E-state index is 13.7. The molecule has 8 nitrogen and oxygen atoms in total. The van der Waals surface area contributed by atoms with Gasteiger partial charge in [0.25, 0.3) is 0 Å². The quantitative estimate of drug-likeness (QED) is 0.219. The summed E-state index contributed by atoms with van der Waals surface area (Å²) in [6, 6.07) is 3.65. The zero-order valence-corrected chi connectivity index (χ0v) is 22.4. The van der Waals surface area contributed by atoms with Crippen molar-refractivity contribution >= 4 is 40.0 Å². The van der Waals surface area contributed by atoms with Gasteiger partial charge in [-0.3, -0.25) is 9.78 Å². The number of alkyl halides is 5. The van der Waals surface area contributed by atoms with Crippen LogP contribution in [0.5, 0.6) is 0 Å². The number of imidazole rings is 1. The van der Waals surface area contributed by atoms with Gasteiger partial charge in [0.2, 0.25) is 5.91 Å². The average Bonchev–Trinajstić information content (AvgIpc) is 3.56. The van der Waals surface area contributed by atoms with Crippen molar-refractivity contribution in [3.8, 4) is 11.5 Å². The maximum Gasteiger partial charge on any atom is 0.453 e. The second kappa shape index (κ2) is 8.86. The van der Waals surface area contributed by atoms with Gasteiger partial charge in [-0.2, -0.15) is 22.0 Å². The van der Waals surface area contributed by atoms with Crippen LogP contribution in [0.1, 0.15) is 54.7 Å². The lowest BCUT2D eigenvalue weighted by Gasteiger charge is -2.23. The fraction of sp³-hybridized carbons (Fsp3) is 0.360. The third-order valence-corrected chi connectivity index (χ3v) is 7.73. The standard InChI is InChI=1S/C25H19F5IN7O/c1-23(16-5-4-13(31)10-33-16)17-18(12-2-3-12)35-19(36-20(17)37-22(23)39)15-11-38-9-8-32-21(38)14(34-15)6-7-24(26,27)25(28,29)30/h4-5,8-12H,2-3,6-7H2,1H3,(H,35,36,37,39). The van der Waals surface area contributed by atoms with Gasteiger partial charge in [0.1, 0.15) is 16.9 Å². The summed E-state index contributed by atoms with van der Waals surface area (Å²) in [6.07, 6.45) is 0.0238. The second-order valence-corrected chi connectivity index (χ2v) is 11.0. The molecule has 6 rings (SSSR count). The van der Waals surface area contributed by atoms with Gasteiger partial charge < -0.3 is 9.72 Å². The van der Waals surface area contributed by atoms with Gasteiger partial charge in [-0.05, 0) is 60.9 Å². The number of halogens is 6. The molecule has 1 unspecified atom stereocenters. The van der Waals surface area contributed by atoms with Crippen LogP contribution in [-0.2, 0) is 16.6 Å². The van der Waals surface area contributed by atoms with Crippen molar-refractivity contribution in [2.75, 3.05) is 5.32 Å². The number of anilines is 1. The SMILES string of the molecule is CC1(c2ccc(I)cn2)C(=O)Nc2nc(-c3cn4ccnc4c(CCC(F)(F)C(F)(F)F)n3)nc(C3CC3)c21. The first-order valence-electron chi connectivity index (χ1n) is 12.0. The third-order valence-electron chi connectivity index (χ3n) is 7.09. The van der Waals surface area contributed by atoms with Crippen LogP contribution in [0.2, 0.25) is 0 Å². The van der Waals surface area contributed by atoms with Gasteiger partial charge in [-0.15, -0.1) is 0 Å². The van der Waals surface area contributed by atoms with Gasteiger partial charge in [-0.1, -0.05) is 0 Å². The molecule has 0 saturated heterocycles. The summed E-state index contributed by atoms with van der Waals surface area (Å²) in [5.74, 6) is -4.69. The summed E-state index contributed by atoms with van der Waals surface area (Å²) in [5, 5.41) is 2.84. The molecule has 0 aromatic carbocycles. The summed E-state index contributed by atoms with van der Waals surface area (Å²) in [6.45, 7) is 1.77. The van der Waals surface area contributed by atoms with Crippen molar-refractivity contribution in [2.24, 2.45) is 0 Å². The molecule has 202 valence electrons. The number of nitrogens with one attached hydrogen (secondary N) is 1. The molecule has 14 heteroatoms. The molecule has 0 spiro atoms. The molecule has 1 fully saturated rings. The second-order valence-electron chi connectivity index (χ2n) is 9.80. The minimum Gasteiger partial charge on any atom is -0.309 e. The molecule has 2 aliphatic rings. The van der Waals surface area contributed by atoms with Gasteiger partial charge in [0.05, 0.1) is 17.1 Å². The van der Waals surface area contributed by atoms with Crippen molar-refractivity contribution in [3.05, 3.63) is 63.1 Å². The van der Waals surface area contributed by atoms with Crippen LogP contribution in [0, 0.1) is 3.57 Å². The molecular formula is C25H19F5IN7O. The first-order valence-corrected chi connectivity index (χ1v) is 13.1. The Labute approximate surface area is 231 Å². The molecule has 1 amide bonds. The normalized spacial score (nSPS) is 19.4. The fourth-order valence-electron chi connectivity index (χ4n) is 4.78. The monoisotopic (exact) mass is 655 g/mol. The van der Waals surface area contributed by atoms with E-state index in [1.54, 1.807) is 19.2 Å². The van der Waals surface area contributed by atoms with Crippen molar-refractivity contribution in [3.63, 3.8) is 0 Å². The molecule has 0 bridgehead atoms. The Morgan fingerprint density at radius 2 is 1.90 bits per heavy atom. The van der Waals surface area contributed by atoms with E-state index in [1.807, 2.05) is 6.07 Å². The zero-order chi connectivity index (χ0) is 27.7. The molecule has 1 aliphatic carbocycles. The molecule has 1 aliphatic heterocycles. The number of carbonyl (C=O) groups excluding carboxylic acids is 1. The van der Waals surface area contributed by atoms with E-state index < -0.39 is 30.4 Å². The Morgan fingerprint density at radius 3 is 2.56 bits per heavy atom. The number of aryl methyl sites for hydroxylation is 1. The predicted octanol–water partition coefficient (Wildman–Crippen LogP) is 5.45. The smallest absolute Gasteiger partial charge is 0.309 e. The summed E-state index contributed by atoms with van der Waals surface area (Å²) < 4.78 is 68.1. The Kier molecular flexibility index (Phi) is 5.89. The lowest BCUT2D eigenvalue weighted by molar-refractivity contribution is -0.284. The van der Waals surface area contributed by atoms with Crippen molar-refractivity contribution in [2.45, 2.75) is 56.0 Å². The first kappa shape index (κ1) is 26.0. The number of aromatic nitrogens is 6. The van der Waals surface area contributed by atoms with Crippen molar-refractivity contribution in [1.29, 1.82) is 0 Å². The minimum absolute atomic E-state index is 0.0459. The molecule has 4 aromatic rings. The van der Waals surface area contributed by atoms with Gasteiger partial charge in [0.15, 0.2) is 11.5 Å². The van der Waals surface area contributed by atoms with Crippen molar-refractivity contribution in [1.82, 2.24) is 29.3 Å². The summed E-state index contributed by atoms with van der Waals surface area (Å²) in [4.78, 5) is 35.6. The molecule has 39 heavy (non-hydrogen) atoms. The lowest BCUT2D eigenvalue weighted by atomic mass is 9.79. The average molecular weight is 655 g/mol. The number of fused-ring (bicyclic) bond motifs is 2. The van der Waals surface area contributed by atoms with Crippen LogP contribution in [-0.4, -0.2) is 47.3 Å². The molecule has 1 N–H and O–H groups in total. The molecule has 1 saturated carbocycles. The van der Waals surface area contributed by atoms with E-state index in [9.17, 15) is 26.7 Å². The van der Waals surface area contributed by atoms with Crippen LogP contribution in [0.25, 0.3) is 17.2 Å². The predicted molar refractivity (Wildman–Crippen MR) is 137 cm³/mol. The highest BCUT2D eigenvalue weighted by molar-refractivity contribution is 14.1. The number of nitrogens with zero attached hydrogens (tertiary/aromatic N) is 6. The number of pyridine rings is 1. The Bertz CT molecular complexity index is 1620. The van der Waals surface area contributed by atoms with Crippen LogP contribution in [0.15, 0.2) is 36.9 Å². The van der Waals surface area contributed by atoms with E-state index in [1.165, 1.54) is 23.0 Å². The number of amides is 1. The maximum absolute atomic E-state index is 13.7. The van der Waals surface area contributed by atoms with Gasteiger partial charge in [-0.25, -0.2) is 19.9 Å². The summed E-state index contributed by atoms with van der Waals surface area (Å²) >= 11 is 2.13. The largest absolute Gasteiger partial charge is 0.453 e. The Balaban J connectivity index is 1.45. The summed E-state index contributed by atoms with van der Waals surface area (Å²) in [7, 11) is 0. The fourth-order valence-corrected chi connectivity index (χ4v) is 5.10. The van der Waals surface area contributed by atoms with Crippen LogP contribution in [0.3, 0.4) is 0 Å². The highest BCUT2D eigenvalue weighted by Crippen LogP contribution is 2.50. The lowest BCUT2D eigenvalue weighted by Crippen LogP contribution is -2.36. The van der Waals surface area contributed by atoms with E-state index in [0.29, 0.717) is 22.8 Å². The van der Waals surface area contributed by atoms with Crippen LogP contribution < -0.4 is 5.32 Å². The van der Waals surface area contributed by atoms with Gasteiger partial charge in [0, 0.05) is 46.3 Å². The molecular weight excluding hydrogens is 636 g/mol. The molecule has 4 aromatic heterocycles. The topological polar surface area (TPSA) is 98.0 Å². The summed E-state index contributed by atoms with van der Waals surface area (Å²) in [5.41, 5.74) is 0.970. The van der Waals surface area contributed by atoms with Crippen LogP contribution >= 0.6 is 22.6 Å². The number of carbonyl (C=O) groups is 1. The van der Waals surface area contributed by atoms with Crippen molar-refractivity contribution < 1.29 is 26.7 Å². The van der Waals surface area contributed by atoms with Gasteiger partial charge >= 0.3 is 12.1 Å². The van der Waals surface area contributed by atoms with Crippen LogP contribution in [0.4, 0.5) is 27.8 Å². The van der Waals surface area contributed by atoms with E-state index in [0.717, 1.165) is 16.4 Å². The Hall–Kier alpha value is -3.30. The first-order chi connectivity index (χ1) is 18.4. The number of hydrogen-bond donors (Lipinski definition) is 1. The molecule has 0 radical (unpaired) electrons. The zero-order valence-electron chi connectivity index (χ0n) is 20.2. The third kappa shape index (κ3) is 4.32. The van der Waals surface area contributed by atoms with E-state index >= 15 is 0 Å². The van der Waals surface area contributed by atoms with E-state index in [-0.39, 0.29) is 34.7 Å². The number of hydrogen-bond acceptors (Lipinski definition) is 6. The number of rotatable bonds is 6. The highest BCUT2D eigenvalue weighted by Gasteiger charge is 2.56. The highest BCUT2D eigenvalue weighted by atomic mass is 127. The van der Waals surface area contributed by atoms with E-state index in [2.05, 4.69) is 47.8 Å².